The number of fused-ring (bicyclic) bond motifs is 3. The maximum atomic E-state index is 6.54. The van der Waals surface area contributed by atoms with Crippen molar-refractivity contribution in [2.75, 3.05) is 0 Å². The minimum absolute atomic E-state index is 0. The summed E-state index contributed by atoms with van der Waals surface area (Å²) >= 11 is 0. The third-order valence-electron chi connectivity index (χ3n) is 10.8. The third-order valence-corrected chi connectivity index (χ3v) is 10.8. The van der Waals surface area contributed by atoms with Crippen molar-refractivity contribution in [3.8, 4) is 67.5 Å². The molecule has 0 bridgehead atoms. The van der Waals surface area contributed by atoms with Crippen LogP contribution in [0.5, 0.6) is 11.5 Å². The van der Waals surface area contributed by atoms with Gasteiger partial charge in [0.05, 0.1) is 5.69 Å². The maximum Gasteiger partial charge on any atom is 2.00 e. The van der Waals surface area contributed by atoms with E-state index in [9.17, 15) is 0 Å². The van der Waals surface area contributed by atoms with E-state index in [2.05, 4.69) is 177 Å². The van der Waals surface area contributed by atoms with Gasteiger partial charge >= 0.3 is 20.4 Å². The molecule has 0 saturated carbocycles. The number of rotatable bonds is 8. The van der Waals surface area contributed by atoms with Gasteiger partial charge < -0.3 is 9.30 Å². The number of pyridine rings is 1. The predicted molar refractivity (Wildman–Crippen MR) is 236 cm³/mol. The molecule has 6 heteroatoms. The van der Waals surface area contributed by atoms with Crippen molar-refractivity contribution in [2.24, 2.45) is 0 Å². The van der Waals surface area contributed by atoms with Gasteiger partial charge in [0, 0.05) is 40.0 Å². The Kier molecular flexibility index (Phi) is 10.1. The Morgan fingerprint density at radius 3 is 1.83 bits per heavy atom. The van der Waals surface area contributed by atoms with Gasteiger partial charge in [-0.3, -0.25) is 4.68 Å². The molecule has 7 aromatic carbocycles. The quantitative estimate of drug-likeness (QED) is 0.113. The summed E-state index contributed by atoms with van der Waals surface area (Å²) in [4.78, 5) is 4.73. The van der Waals surface area contributed by atoms with Crippen LogP contribution < -0.4 is 4.74 Å². The normalized spacial score (nSPS) is 11.2. The first kappa shape index (κ1) is 37.7. The van der Waals surface area contributed by atoms with Crippen molar-refractivity contribution < 1.29 is 25.2 Å². The van der Waals surface area contributed by atoms with Crippen LogP contribution in [0.15, 0.2) is 176 Å². The van der Waals surface area contributed by atoms with Crippen LogP contribution in [-0.2, 0) is 20.4 Å². The van der Waals surface area contributed by atoms with Crippen molar-refractivity contribution in [3.05, 3.63) is 205 Å². The van der Waals surface area contributed by atoms with E-state index < -0.39 is 0 Å². The van der Waals surface area contributed by atoms with Crippen molar-refractivity contribution in [2.45, 2.75) is 20.8 Å². The minimum atomic E-state index is 0. The summed E-state index contributed by atoms with van der Waals surface area (Å²) in [6.07, 6.45) is 1.85. The van der Waals surface area contributed by atoms with E-state index in [4.69, 9.17) is 14.8 Å². The molecule has 0 spiro atoms. The van der Waals surface area contributed by atoms with Gasteiger partial charge in [-0.1, -0.05) is 115 Å². The predicted octanol–water partition coefficient (Wildman–Crippen LogP) is 13.3. The van der Waals surface area contributed by atoms with Crippen LogP contribution in [-0.4, -0.2) is 19.3 Å². The summed E-state index contributed by atoms with van der Waals surface area (Å²) in [5.74, 6) is 2.00. The number of ether oxygens (including phenoxy) is 1. The Morgan fingerprint density at radius 2 is 1.15 bits per heavy atom. The number of nitrogens with zero attached hydrogens (tertiary/aromatic N) is 4. The molecule has 286 valence electrons. The topological polar surface area (TPSA) is 44.9 Å². The molecule has 0 saturated heterocycles. The maximum absolute atomic E-state index is 6.54. The van der Waals surface area contributed by atoms with Crippen molar-refractivity contribution in [3.63, 3.8) is 0 Å². The van der Waals surface area contributed by atoms with Crippen molar-refractivity contribution in [1.29, 1.82) is 0 Å². The summed E-state index contributed by atoms with van der Waals surface area (Å²) < 4.78 is 10.7. The second-order valence-corrected chi connectivity index (χ2v) is 14.6. The second kappa shape index (κ2) is 15.8. The molecule has 0 aliphatic carbocycles. The van der Waals surface area contributed by atoms with E-state index in [0.717, 1.165) is 89.2 Å². The zero-order chi connectivity index (χ0) is 39.2. The Hall–Kier alpha value is -6.84. The van der Waals surface area contributed by atoms with Crippen LogP contribution >= 0.6 is 0 Å². The van der Waals surface area contributed by atoms with Gasteiger partial charge in [0.2, 0.25) is 0 Å². The molecule has 0 radical (unpaired) electrons. The average molecular weight is 853 g/mol. The summed E-state index contributed by atoms with van der Waals surface area (Å²) in [7, 11) is 0. The molecular formula is C53H38N4OPd. The van der Waals surface area contributed by atoms with Crippen molar-refractivity contribution >= 4 is 21.8 Å². The molecule has 0 N–H and O–H groups in total. The van der Waals surface area contributed by atoms with Crippen LogP contribution in [0.2, 0.25) is 0 Å². The smallest absolute Gasteiger partial charge is 0.509 e. The molecule has 0 unspecified atom stereocenters. The second-order valence-electron chi connectivity index (χ2n) is 14.6. The minimum Gasteiger partial charge on any atom is -0.509 e. The Morgan fingerprint density at radius 1 is 0.525 bits per heavy atom. The van der Waals surface area contributed by atoms with Crippen LogP contribution in [0.25, 0.3) is 77.8 Å². The molecule has 0 aliphatic heterocycles. The Labute approximate surface area is 357 Å². The first-order valence-electron chi connectivity index (χ1n) is 19.5. The van der Waals surface area contributed by atoms with Crippen LogP contribution in [0, 0.1) is 32.9 Å². The molecule has 3 heterocycles. The van der Waals surface area contributed by atoms with Gasteiger partial charge in [0.15, 0.2) is 0 Å². The Bertz CT molecular complexity index is 3050. The molecule has 5 nitrogen and oxygen atoms in total. The van der Waals surface area contributed by atoms with Crippen LogP contribution in [0.4, 0.5) is 0 Å². The number of aromatic nitrogens is 4. The van der Waals surface area contributed by atoms with E-state index >= 15 is 0 Å². The average Bonchev–Trinajstić information content (AvgIpc) is 3.76. The standard InChI is InChI=1S/C53H38N4O.Pd/c1-35-28-29-54-51(30-35)56-49-25-14-13-24-45(49)46-27-26-44(34-50(46)56)58-43-23-15-22-42(33-43)57-37(3)52(36(2)55-57)53-47(39-18-9-5-10-19-39)31-41(38-16-7-4-8-17-38)32-48(53)40-20-11-6-12-21-40;/h4-32H,1-3H3;/q-2;+2. The summed E-state index contributed by atoms with van der Waals surface area (Å²) in [6.45, 7) is 6.32. The molecule has 59 heavy (non-hydrogen) atoms. The fraction of sp³-hybridized carbons (Fsp3) is 0.0566. The zero-order valence-electron chi connectivity index (χ0n) is 32.8. The molecule has 0 atom stereocenters. The molecule has 10 aromatic rings. The first-order valence-corrected chi connectivity index (χ1v) is 19.5. The van der Waals surface area contributed by atoms with E-state index in [1.165, 1.54) is 5.56 Å². The van der Waals surface area contributed by atoms with Gasteiger partial charge in [-0.15, -0.1) is 35.7 Å². The van der Waals surface area contributed by atoms with Gasteiger partial charge in [-0.2, -0.15) is 17.2 Å². The molecule has 3 aromatic heterocycles. The van der Waals surface area contributed by atoms with Gasteiger partial charge in [0.25, 0.3) is 0 Å². The van der Waals surface area contributed by atoms with E-state index in [0.29, 0.717) is 11.5 Å². The molecule has 0 aliphatic rings. The summed E-state index contributed by atoms with van der Waals surface area (Å²) in [6, 6.07) is 66.2. The number of hydrogen-bond acceptors (Lipinski definition) is 3. The largest absolute Gasteiger partial charge is 2.00 e. The van der Waals surface area contributed by atoms with Gasteiger partial charge in [0.1, 0.15) is 5.82 Å². The molecule has 0 amide bonds. The molecule has 0 fully saturated rings. The number of para-hydroxylation sites is 1. The zero-order valence-corrected chi connectivity index (χ0v) is 34.3. The first-order chi connectivity index (χ1) is 28.5. The van der Waals surface area contributed by atoms with Crippen LogP contribution in [0.1, 0.15) is 17.0 Å². The van der Waals surface area contributed by atoms with Gasteiger partial charge in [-0.25, -0.2) is 4.98 Å². The van der Waals surface area contributed by atoms with E-state index in [1.807, 2.05) is 41.2 Å². The van der Waals surface area contributed by atoms with Crippen molar-refractivity contribution in [1.82, 2.24) is 19.3 Å². The fourth-order valence-electron chi connectivity index (χ4n) is 8.19. The number of benzene rings is 7. The van der Waals surface area contributed by atoms with E-state index in [-0.39, 0.29) is 20.4 Å². The summed E-state index contributed by atoms with van der Waals surface area (Å²) in [5, 5.41) is 7.41. The molecule has 10 rings (SSSR count). The molecular weight excluding hydrogens is 815 g/mol. The monoisotopic (exact) mass is 852 g/mol. The third kappa shape index (κ3) is 6.97. The summed E-state index contributed by atoms with van der Waals surface area (Å²) in [5.41, 5.74) is 15.0. The van der Waals surface area contributed by atoms with Gasteiger partial charge in [-0.05, 0) is 101 Å². The van der Waals surface area contributed by atoms with Crippen LogP contribution in [0.3, 0.4) is 0 Å². The SMILES string of the molecule is Cc1ccnc(-n2c3[c-]c(Oc4[c-]c(-n5nc(C)c(-c6c(-c7ccccc7)cc(-c7ccccc7)cc6-c6ccccc6)c5C)ccc4)ccc3c3ccccc32)c1.[Pd+2]. The van der Waals surface area contributed by atoms with E-state index in [1.54, 1.807) is 0 Å². The fourth-order valence-corrected chi connectivity index (χ4v) is 8.19. The Balaban J connectivity index is 0.00000449. The number of hydrogen-bond donors (Lipinski definition) is 0. The number of aryl methyl sites for hydroxylation is 2.